The number of piperidine rings is 1. The van der Waals surface area contributed by atoms with Gasteiger partial charge >= 0.3 is 0 Å². The monoisotopic (exact) mass is 246 g/mol. The Morgan fingerprint density at radius 1 is 1.50 bits per heavy atom. The second-order valence-electron chi connectivity index (χ2n) is 5.45. The molecule has 0 radical (unpaired) electrons. The summed E-state index contributed by atoms with van der Waals surface area (Å²) in [6, 6.07) is 4.05. The second kappa shape index (κ2) is 5.61. The molecular formula is C15H22N2O. The maximum absolute atomic E-state index is 12.4. The normalized spacial score (nSPS) is 23.9. The van der Waals surface area contributed by atoms with Crippen LogP contribution in [0, 0.1) is 5.41 Å². The number of rotatable bonds is 4. The number of hydrogen-bond donors (Lipinski definition) is 1. The van der Waals surface area contributed by atoms with E-state index in [1.807, 2.05) is 12.3 Å². The van der Waals surface area contributed by atoms with E-state index in [0.717, 1.165) is 38.0 Å². The lowest BCUT2D eigenvalue weighted by molar-refractivity contribution is -0.128. The van der Waals surface area contributed by atoms with Crippen LogP contribution < -0.4 is 5.32 Å². The molecule has 2 heterocycles. The largest absolute Gasteiger partial charge is 0.316 e. The minimum Gasteiger partial charge on any atom is -0.316 e. The molecule has 1 aromatic rings. The number of nitrogens with zero attached hydrogens (tertiary/aromatic N) is 1. The molecule has 1 aliphatic heterocycles. The molecule has 2 rings (SSSR count). The number of ketones is 1. The molecule has 0 amide bonds. The third-order valence-electron chi connectivity index (χ3n) is 3.91. The lowest BCUT2D eigenvalue weighted by Gasteiger charge is -2.32. The summed E-state index contributed by atoms with van der Waals surface area (Å²) in [4.78, 5) is 16.7. The van der Waals surface area contributed by atoms with Crippen LogP contribution in [-0.4, -0.2) is 23.9 Å². The van der Waals surface area contributed by atoms with Crippen LogP contribution in [0.2, 0.25) is 0 Å². The van der Waals surface area contributed by atoms with Crippen molar-refractivity contribution < 1.29 is 4.79 Å². The van der Waals surface area contributed by atoms with Crippen LogP contribution in [0.3, 0.4) is 0 Å². The molecule has 1 N–H and O–H groups in total. The van der Waals surface area contributed by atoms with Crippen molar-refractivity contribution in [2.24, 2.45) is 5.41 Å². The topological polar surface area (TPSA) is 42.0 Å². The van der Waals surface area contributed by atoms with Crippen LogP contribution in [0.1, 0.15) is 37.9 Å². The first kappa shape index (κ1) is 13.2. The lowest BCUT2D eigenvalue weighted by Crippen LogP contribution is -2.44. The fourth-order valence-corrected chi connectivity index (χ4v) is 2.44. The first-order chi connectivity index (χ1) is 8.64. The Morgan fingerprint density at radius 2 is 2.33 bits per heavy atom. The molecule has 1 fully saturated rings. The Labute approximate surface area is 109 Å². The third-order valence-corrected chi connectivity index (χ3v) is 3.91. The minimum atomic E-state index is -0.205. The highest BCUT2D eigenvalue weighted by Crippen LogP contribution is 2.27. The Bertz CT molecular complexity index is 405. The van der Waals surface area contributed by atoms with Gasteiger partial charge in [0.05, 0.1) is 0 Å². The molecule has 0 aromatic carbocycles. The zero-order valence-electron chi connectivity index (χ0n) is 11.3. The Hall–Kier alpha value is -1.22. The van der Waals surface area contributed by atoms with Crippen LogP contribution in [0.4, 0.5) is 0 Å². The van der Waals surface area contributed by atoms with Gasteiger partial charge < -0.3 is 5.32 Å². The first-order valence-electron chi connectivity index (χ1n) is 6.82. The van der Waals surface area contributed by atoms with Crippen molar-refractivity contribution in [1.82, 2.24) is 10.3 Å². The van der Waals surface area contributed by atoms with Crippen LogP contribution in [0.15, 0.2) is 18.3 Å². The van der Waals surface area contributed by atoms with Gasteiger partial charge in [0.2, 0.25) is 0 Å². The fourth-order valence-electron chi connectivity index (χ4n) is 2.44. The Kier molecular flexibility index (Phi) is 4.12. The van der Waals surface area contributed by atoms with Gasteiger partial charge in [-0.25, -0.2) is 0 Å². The van der Waals surface area contributed by atoms with Gasteiger partial charge in [-0.1, -0.05) is 19.9 Å². The second-order valence-corrected chi connectivity index (χ2v) is 5.45. The molecule has 0 spiro atoms. The average Bonchev–Trinajstić information content (AvgIpc) is 2.40. The van der Waals surface area contributed by atoms with Gasteiger partial charge in [-0.2, -0.15) is 0 Å². The quantitative estimate of drug-likeness (QED) is 0.885. The summed E-state index contributed by atoms with van der Waals surface area (Å²) in [5.74, 6) is 0.312. The minimum absolute atomic E-state index is 0.205. The summed E-state index contributed by atoms with van der Waals surface area (Å²) < 4.78 is 0. The lowest BCUT2D eigenvalue weighted by atomic mass is 9.77. The molecule has 18 heavy (non-hydrogen) atoms. The van der Waals surface area contributed by atoms with Crippen molar-refractivity contribution in [1.29, 1.82) is 0 Å². The van der Waals surface area contributed by atoms with E-state index >= 15 is 0 Å². The van der Waals surface area contributed by atoms with Gasteiger partial charge in [0, 0.05) is 30.3 Å². The van der Waals surface area contributed by atoms with E-state index in [1.54, 1.807) is 0 Å². The highest BCUT2D eigenvalue weighted by atomic mass is 16.1. The molecular weight excluding hydrogens is 224 g/mol. The molecule has 0 saturated carbocycles. The molecule has 1 atom stereocenters. The van der Waals surface area contributed by atoms with E-state index in [0.29, 0.717) is 12.2 Å². The van der Waals surface area contributed by atoms with Crippen molar-refractivity contribution in [3.63, 3.8) is 0 Å². The van der Waals surface area contributed by atoms with Crippen LogP contribution in [0.25, 0.3) is 0 Å². The van der Waals surface area contributed by atoms with E-state index < -0.39 is 0 Å². The number of carbonyl (C=O) groups excluding carboxylic acids is 1. The van der Waals surface area contributed by atoms with Gasteiger partial charge in [0.15, 0.2) is 0 Å². The van der Waals surface area contributed by atoms with E-state index in [-0.39, 0.29) is 5.41 Å². The summed E-state index contributed by atoms with van der Waals surface area (Å²) in [5, 5.41) is 3.32. The smallest absolute Gasteiger partial charge is 0.145 e. The van der Waals surface area contributed by atoms with Crippen molar-refractivity contribution >= 4 is 5.78 Å². The molecule has 1 aliphatic rings. The summed E-state index contributed by atoms with van der Waals surface area (Å²) in [6.07, 6.45) is 5.41. The van der Waals surface area contributed by atoms with Gasteiger partial charge in [0.25, 0.3) is 0 Å². The highest BCUT2D eigenvalue weighted by Gasteiger charge is 2.34. The molecule has 98 valence electrons. The maximum Gasteiger partial charge on any atom is 0.145 e. The van der Waals surface area contributed by atoms with Gasteiger partial charge in [-0.15, -0.1) is 0 Å². The number of nitrogens with one attached hydrogen (secondary N) is 1. The predicted octanol–water partition coefficient (Wildman–Crippen LogP) is 2.15. The molecule has 0 aliphatic carbocycles. The third kappa shape index (κ3) is 2.96. The molecule has 0 bridgehead atoms. The van der Waals surface area contributed by atoms with E-state index in [4.69, 9.17) is 0 Å². The first-order valence-corrected chi connectivity index (χ1v) is 6.82. The highest BCUT2D eigenvalue weighted by molar-refractivity contribution is 5.86. The van der Waals surface area contributed by atoms with E-state index in [9.17, 15) is 4.79 Å². The molecule has 3 nitrogen and oxygen atoms in total. The van der Waals surface area contributed by atoms with Crippen LogP contribution in [-0.2, 0) is 17.6 Å². The number of hydrogen-bond acceptors (Lipinski definition) is 3. The molecule has 1 aromatic heterocycles. The zero-order chi connectivity index (χ0) is 13.0. The number of aromatic nitrogens is 1. The van der Waals surface area contributed by atoms with Crippen molar-refractivity contribution in [2.75, 3.05) is 13.1 Å². The van der Waals surface area contributed by atoms with Crippen LogP contribution >= 0.6 is 0 Å². The van der Waals surface area contributed by atoms with Gasteiger partial charge in [-0.05, 0) is 37.4 Å². The maximum atomic E-state index is 12.4. The summed E-state index contributed by atoms with van der Waals surface area (Å²) in [7, 11) is 0. The zero-order valence-corrected chi connectivity index (χ0v) is 11.3. The SMILES string of the molecule is CCc1ccc(CC(=O)C2(C)CCCNC2)nc1. The van der Waals surface area contributed by atoms with E-state index in [2.05, 4.69) is 30.2 Å². The van der Waals surface area contributed by atoms with Gasteiger partial charge in [-0.3, -0.25) is 9.78 Å². The summed E-state index contributed by atoms with van der Waals surface area (Å²) in [6.45, 7) is 6.02. The average molecular weight is 246 g/mol. The Morgan fingerprint density at radius 3 is 2.89 bits per heavy atom. The summed E-state index contributed by atoms with van der Waals surface area (Å²) >= 11 is 0. The van der Waals surface area contributed by atoms with Crippen molar-refractivity contribution in [3.8, 4) is 0 Å². The molecule has 1 saturated heterocycles. The standard InChI is InChI=1S/C15H22N2O/c1-3-12-5-6-13(17-10-12)9-14(18)15(2)7-4-8-16-11-15/h5-6,10,16H,3-4,7-9,11H2,1-2H3. The van der Waals surface area contributed by atoms with Crippen molar-refractivity contribution in [3.05, 3.63) is 29.6 Å². The predicted molar refractivity (Wildman–Crippen MR) is 72.5 cm³/mol. The fraction of sp³-hybridized carbons (Fsp3) is 0.600. The van der Waals surface area contributed by atoms with Crippen LogP contribution in [0.5, 0.6) is 0 Å². The van der Waals surface area contributed by atoms with Crippen molar-refractivity contribution in [2.45, 2.75) is 39.5 Å². The molecule has 3 heteroatoms. The number of pyridine rings is 1. The molecule has 1 unspecified atom stereocenters. The van der Waals surface area contributed by atoms with Gasteiger partial charge in [0.1, 0.15) is 5.78 Å². The van der Waals surface area contributed by atoms with E-state index in [1.165, 1.54) is 5.56 Å². The summed E-state index contributed by atoms with van der Waals surface area (Å²) in [5.41, 5.74) is 1.91. The Balaban J connectivity index is 2.01. The number of Topliss-reactive ketones (excluding diaryl/α,β-unsaturated/α-hetero) is 1. The number of carbonyl (C=O) groups is 1. The number of aryl methyl sites for hydroxylation is 1.